The van der Waals surface area contributed by atoms with Gasteiger partial charge in [0.1, 0.15) is 0 Å². The number of allylic oxidation sites excluding steroid dienone is 5. The highest BCUT2D eigenvalue weighted by Crippen LogP contribution is 2.37. The minimum atomic E-state index is -5.82. The molecule has 0 radical (unpaired) electrons. The van der Waals surface area contributed by atoms with Crippen LogP contribution in [-0.2, 0) is 4.79 Å². The van der Waals surface area contributed by atoms with Crippen molar-refractivity contribution in [3.8, 4) is 0 Å². The lowest BCUT2D eigenvalue weighted by Gasteiger charge is -2.17. The van der Waals surface area contributed by atoms with Gasteiger partial charge in [0.25, 0.3) is 0 Å². The molecule has 0 fully saturated rings. The third kappa shape index (κ3) is 5.67. The first-order valence-corrected chi connectivity index (χ1v) is 6.09. The monoisotopic (exact) mass is 296 g/mol. The smallest absolute Gasteiger partial charge is 0.293 e. The van der Waals surface area contributed by atoms with E-state index in [1.165, 1.54) is 0 Å². The molecule has 6 heteroatoms. The summed E-state index contributed by atoms with van der Waals surface area (Å²) in [5, 5.41) is 0. The summed E-state index contributed by atoms with van der Waals surface area (Å²) in [7, 11) is 0. The largest absolute Gasteiger partial charge is 0.461 e. The van der Waals surface area contributed by atoms with Crippen molar-refractivity contribution in [2.24, 2.45) is 0 Å². The van der Waals surface area contributed by atoms with Crippen LogP contribution in [0.1, 0.15) is 32.6 Å². The third-order valence-electron chi connectivity index (χ3n) is 2.59. The first-order valence-electron chi connectivity index (χ1n) is 6.09. The lowest BCUT2D eigenvalue weighted by Crippen LogP contribution is -2.43. The minimum Gasteiger partial charge on any atom is -0.293 e. The Labute approximate surface area is 114 Å². The van der Waals surface area contributed by atoms with Gasteiger partial charge >= 0.3 is 12.1 Å². The van der Waals surface area contributed by atoms with Crippen molar-refractivity contribution >= 4 is 5.78 Å². The second kappa shape index (κ2) is 7.97. The average Bonchev–Trinajstić information content (AvgIpc) is 2.36. The fourth-order valence-electron chi connectivity index (χ4n) is 1.40. The molecule has 0 saturated heterocycles. The predicted octanol–water partition coefficient (Wildman–Crippen LogP) is 5.00. The topological polar surface area (TPSA) is 17.1 Å². The zero-order chi connectivity index (χ0) is 15.8. The SMILES string of the molecule is C=C/C(=C\C=C/C)CCCCC(=O)C(F)(F)C(F)(F)F. The number of hydrogen-bond donors (Lipinski definition) is 0. The molecular formula is C14H17F5O. The van der Waals surface area contributed by atoms with Crippen molar-refractivity contribution in [2.75, 3.05) is 0 Å². The van der Waals surface area contributed by atoms with E-state index in [2.05, 4.69) is 6.58 Å². The van der Waals surface area contributed by atoms with E-state index in [1.54, 1.807) is 24.3 Å². The fraction of sp³-hybridized carbons (Fsp3) is 0.500. The van der Waals surface area contributed by atoms with Gasteiger partial charge in [-0.2, -0.15) is 22.0 Å². The number of hydrogen-bond acceptors (Lipinski definition) is 1. The van der Waals surface area contributed by atoms with Crippen molar-refractivity contribution < 1.29 is 26.7 Å². The highest BCUT2D eigenvalue weighted by molar-refractivity contribution is 5.86. The molecular weight excluding hydrogens is 279 g/mol. The van der Waals surface area contributed by atoms with E-state index in [9.17, 15) is 26.7 Å². The van der Waals surface area contributed by atoms with Crippen LogP contribution in [0, 0.1) is 0 Å². The van der Waals surface area contributed by atoms with Gasteiger partial charge in [0, 0.05) is 6.42 Å². The van der Waals surface area contributed by atoms with Crippen LogP contribution in [0.4, 0.5) is 22.0 Å². The Morgan fingerprint density at radius 1 is 1.10 bits per heavy atom. The Balaban J connectivity index is 4.26. The van der Waals surface area contributed by atoms with Crippen LogP contribution in [0.5, 0.6) is 0 Å². The summed E-state index contributed by atoms with van der Waals surface area (Å²) in [6, 6.07) is 0. The van der Waals surface area contributed by atoms with Crippen LogP contribution in [0.2, 0.25) is 0 Å². The van der Waals surface area contributed by atoms with Gasteiger partial charge in [-0.1, -0.05) is 30.9 Å². The molecule has 0 bridgehead atoms. The van der Waals surface area contributed by atoms with Crippen molar-refractivity contribution in [1.82, 2.24) is 0 Å². The molecule has 114 valence electrons. The maximum absolute atomic E-state index is 12.6. The molecule has 0 aliphatic rings. The molecule has 0 heterocycles. The standard InChI is InChI=1S/C14H17F5O/c1-3-5-8-11(4-2)9-6-7-10-12(20)13(15,16)14(17,18)19/h3-5,8H,2,6-7,9-10H2,1H3/b5-3-,11-8+. The van der Waals surface area contributed by atoms with E-state index in [0.717, 1.165) is 5.57 Å². The Morgan fingerprint density at radius 2 is 1.65 bits per heavy atom. The molecule has 0 aliphatic heterocycles. The highest BCUT2D eigenvalue weighted by Gasteiger charge is 2.62. The first-order chi connectivity index (χ1) is 9.16. The Hall–Kier alpha value is -1.46. The lowest BCUT2D eigenvalue weighted by atomic mass is 10.0. The van der Waals surface area contributed by atoms with Gasteiger partial charge in [-0.15, -0.1) is 0 Å². The summed E-state index contributed by atoms with van der Waals surface area (Å²) >= 11 is 0. The van der Waals surface area contributed by atoms with Gasteiger partial charge in [0.2, 0.25) is 5.78 Å². The first kappa shape index (κ1) is 18.5. The van der Waals surface area contributed by atoms with Crippen LogP contribution in [0.15, 0.2) is 36.5 Å². The lowest BCUT2D eigenvalue weighted by molar-refractivity contribution is -0.268. The number of carbonyl (C=O) groups is 1. The molecule has 0 spiro atoms. The zero-order valence-electron chi connectivity index (χ0n) is 11.1. The molecule has 20 heavy (non-hydrogen) atoms. The molecule has 0 aromatic heterocycles. The minimum absolute atomic E-state index is 0.0223. The predicted molar refractivity (Wildman–Crippen MR) is 67.6 cm³/mol. The Morgan fingerprint density at radius 3 is 2.10 bits per heavy atom. The van der Waals surface area contributed by atoms with Gasteiger partial charge in [-0.3, -0.25) is 4.79 Å². The number of alkyl halides is 5. The quantitative estimate of drug-likeness (QED) is 0.350. The number of unbranched alkanes of at least 4 members (excludes halogenated alkanes) is 1. The second-order valence-corrected chi connectivity index (χ2v) is 4.17. The van der Waals surface area contributed by atoms with Crippen molar-refractivity contribution in [2.45, 2.75) is 44.7 Å². The maximum Gasteiger partial charge on any atom is 0.461 e. The van der Waals surface area contributed by atoms with Crippen LogP contribution >= 0.6 is 0 Å². The molecule has 0 rings (SSSR count). The molecule has 0 aromatic rings. The van der Waals surface area contributed by atoms with Gasteiger partial charge in [-0.25, -0.2) is 0 Å². The van der Waals surface area contributed by atoms with Gasteiger partial charge in [0.15, 0.2) is 0 Å². The molecule has 0 unspecified atom stereocenters. The molecule has 0 aromatic carbocycles. The molecule has 0 aliphatic carbocycles. The second-order valence-electron chi connectivity index (χ2n) is 4.17. The summed E-state index contributed by atoms with van der Waals surface area (Å²) in [6.07, 6.45) is 1.07. The van der Waals surface area contributed by atoms with Crippen molar-refractivity contribution in [3.63, 3.8) is 0 Å². The van der Waals surface area contributed by atoms with Gasteiger partial charge in [0.05, 0.1) is 0 Å². The molecule has 1 nitrogen and oxygen atoms in total. The van der Waals surface area contributed by atoms with Crippen LogP contribution in [0.3, 0.4) is 0 Å². The number of carbonyl (C=O) groups excluding carboxylic acids is 1. The Kier molecular flexibility index (Phi) is 7.39. The third-order valence-corrected chi connectivity index (χ3v) is 2.59. The van der Waals surface area contributed by atoms with Crippen LogP contribution in [-0.4, -0.2) is 17.9 Å². The summed E-state index contributed by atoms with van der Waals surface area (Å²) in [5.74, 6) is -7.34. The van der Waals surface area contributed by atoms with E-state index in [4.69, 9.17) is 0 Å². The normalized spacial score (nSPS) is 13.8. The van der Waals surface area contributed by atoms with Crippen LogP contribution in [0.25, 0.3) is 0 Å². The summed E-state index contributed by atoms with van der Waals surface area (Å²) in [6.45, 7) is 5.38. The average molecular weight is 296 g/mol. The van der Waals surface area contributed by atoms with Crippen molar-refractivity contribution in [3.05, 3.63) is 36.5 Å². The summed E-state index contributed by atoms with van der Waals surface area (Å²) in [5.41, 5.74) is 0.832. The number of Topliss-reactive ketones (excluding diaryl/α,β-unsaturated/α-hetero) is 1. The fourth-order valence-corrected chi connectivity index (χ4v) is 1.40. The van der Waals surface area contributed by atoms with Gasteiger partial charge in [-0.05, 0) is 31.8 Å². The van der Waals surface area contributed by atoms with E-state index in [0.29, 0.717) is 12.8 Å². The van der Waals surface area contributed by atoms with E-state index in [-0.39, 0.29) is 6.42 Å². The number of rotatable bonds is 8. The van der Waals surface area contributed by atoms with E-state index >= 15 is 0 Å². The van der Waals surface area contributed by atoms with E-state index < -0.39 is 24.3 Å². The molecule has 0 saturated carbocycles. The number of halogens is 5. The molecule has 0 N–H and O–H groups in total. The highest BCUT2D eigenvalue weighted by atomic mass is 19.4. The molecule has 0 atom stereocenters. The summed E-state index contributed by atoms with van der Waals surface area (Å²) < 4.78 is 61.0. The Bertz CT molecular complexity index is 391. The van der Waals surface area contributed by atoms with Crippen LogP contribution < -0.4 is 0 Å². The van der Waals surface area contributed by atoms with E-state index in [1.807, 2.05) is 6.92 Å². The molecule has 0 amide bonds. The zero-order valence-corrected chi connectivity index (χ0v) is 11.1. The number of ketones is 1. The van der Waals surface area contributed by atoms with Crippen molar-refractivity contribution in [1.29, 1.82) is 0 Å². The van der Waals surface area contributed by atoms with Gasteiger partial charge < -0.3 is 0 Å². The summed E-state index contributed by atoms with van der Waals surface area (Å²) in [4.78, 5) is 10.9. The maximum atomic E-state index is 12.6.